The smallest absolute Gasteiger partial charge is 0.225 e. The first kappa shape index (κ1) is 14.2. The summed E-state index contributed by atoms with van der Waals surface area (Å²) in [6.45, 7) is 6.07. The zero-order valence-electron chi connectivity index (χ0n) is 12.1. The highest BCUT2D eigenvalue weighted by molar-refractivity contribution is 5.81. The van der Waals surface area contributed by atoms with Crippen LogP contribution in [0.15, 0.2) is 42.7 Å². The van der Waals surface area contributed by atoms with Gasteiger partial charge < -0.3 is 5.32 Å². The second kappa shape index (κ2) is 5.82. The number of benzene rings is 1. The number of aromatic nitrogens is 2. The molecule has 2 aromatic rings. The molecule has 1 N–H and O–H groups in total. The first-order valence-electron chi connectivity index (χ1n) is 6.61. The summed E-state index contributed by atoms with van der Waals surface area (Å²) in [7, 11) is 0. The van der Waals surface area contributed by atoms with Crippen LogP contribution in [0.5, 0.6) is 0 Å². The molecule has 0 unspecified atom stereocenters. The van der Waals surface area contributed by atoms with Gasteiger partial charge in [0.2, 0.25) is 5.91 Å². The molecule has 0 radical (unpaired) electrons. The Kier molecular flexibility index (Phi) is 4.13. The largest absolute Gasteiger partial charge is 0.350 e. The van der Waals surface area contributed by atoms with Gasteiger partial charge in [0.25, 0.3) is 0 Å². The number of carbonyl (C=O) groups is 1. The van der Waals surface area contributed by atoms with Crippen LogP contribution in [0.4, 0.5) is 0 Å². The Bertz CT molecular complexity index is 588. The molecule has 2 rings (SSSR count). The fourth-order valence-corrected chi connectivity index (χ4v) is 1.70. The maximum Gasteiger partial charge on any atom is 0.225 e. The van der Waals surface area contributed by atoms with E-state index in [9.17, 15) is 4.79 Å². The molecule has 0 saturated carbocycles. The summed E-state index contributed by atoms with van der Waals surface area (Å²) >= 11 is 0. The molecule has 0 fully saturated rings. The van der Waals surface area contributed by atoms with Crippen LogP contribution in [-0.4, -0.2) is 15.9 Å². The fourth-order valence-electron chi connectivity index (χ4n) is 1.70. The minimum absolute atomic E-state index is 0.0115. The normalized spacial score (nSPS) is 11.2. The number of carbonyl (C=O) groups excluding carboxylic acids is 1. The monoisotopic (exact) mass is 269 g/mol. The predicted octanol–water partition coefficient (Wildman–Crippen LogP) is 2.81. The van der Waals surface area contributed by atoms with E-state index in [1.54, 1.807) is 0 Å². The third-order valence-electron chi connectivity index (χ3n) is 2.90. The molecule has 20 heavy (non-hydrogen) atoms. The van der Waals surface area contributed by atoms with E-state index in [4.69, 9.17) is 0 Å². The lowest BCUT2D eigenvalue weighted by atomic mass is 9.96. The molecule has 0 saturated heterocycles. The highest BCUT2D eigenvalue weighted by atomic mass is 16.2. The molecule has 1 aromatic carbocycles. The summed E-state index contributed by atoms with van der Waals surface area (Å²) < 4.78 is 0. The van der Waals surface area contributed by atoms with E-state index in [0.29, 0.717) is 6.54 Å². The molecular formula is C16H19N3O. The van der Waals surface area contributed by atoms with E-state index < -0.39 is 5.41 Å². The van der Waals surface area contributed by atoms with Gasteiger partial charge in [-0.05, 0) is 6.07 Å². The zero-order valence-corrected chi connectivity index (χ0v) is 12.1. The predicted molar refractivity (Wildman–Crippen MR) is 78.8 cm³/mol. The van der Waals surface area contributed by atoms with Crippen molar-refractivity contribution in [1.82, 2.24) is 15.3 Å². The van der Waals surface area contributed by atoms with Crippen molar-refractivity contribution in [3.63, 3.8) is 0 Å². The Hall–Kier alpha value is -2.23. The summed E-state index contributed by atoms with van der Waals surface area (Å²) in [5.41, 5.74) is 2.31. The van der Waals surface area contributed by atoms with Crippen molar-refractivity contribution in [1.29, 1.82) is 0 Å². The minimum atomic E-state index is -0.394. The molecule has 4 heteroatoms. The van der Waals surface area contributed by atoms with Crippen molar-refractivity contribution in [2.24, 2.45) is 5.41 Å². The van der Waals surface area contributed by atoms with Crippen LogP contribution in [0.25, 0.3) is 11.3 Å². The van der Waals surface area contributed by atoms with E-state index >= 15 is 0 Å². The third kappa shape index (κ3) is 3.63. The maximum atomic E-state index is 11.8. The van der Waals surface area contributed by atoms with Gasteiger partial charge >= 0.3 is 0 Å². The third-order valence-corrected chi connectivity index (χ3v) is 2.90. The molecule has 0 aliphatic heterocycles. The van der Waals surface area contributed by atoms with Crippen LogP contribution < -0.4 is 5.32 Å². The molecule has 1 heterocycles. The van der Waals surface area contributed by atoms with Gasteiger partial charge in [0.05, 0.1) is 17.9 Å². The first-order chi connectivity index (χ1) is 9.47. The number of nitrogens with zero attached hydrogens (tertiary/aromatic N) is 2. The molecule has 1 amide bonds. The van der Waals surface area contributed by atoms with Gasteiger partial charge in [-0.3, -0.25) is 4.79 Å². The molecular weight excluding hydrogens is 250 g/mol. The Morgan fingerprint density at radius 1 is 1.15 bits per heavy atom. The Balaban J connectivity index is 2.10. The van der Waals surface area contributed by atoms with E-state index in [0.717, 1.165) is 17.0 Å². The van der Waals surface area contributed by atoms with Crippen molar-refractivity contribution in [3.05, 3.63) is 48.4 Å². The summed E-state index contributed by atoms with van der Waals surface area (Å²) in [6, 6.07) is 11.8. The van der Waals surface area contributed by atoms with E-state index in [1.165, 1.54) is 6.33 Å². The van der Waals surface area contributed by atoms with Gasteiger partial charge in [-0.1, -0.05) is 51.1 Å². The molecule has 0 atom stereocenters. The number of hydrogen-bond acceptors (Lipinski definition) is 3. The highest BCUT2D eigenvalue weighted by Crippen LogP contribution is 2.16. The van der Waals surface area contributed by atoms with Crippen molar-refractivity contribution in [2.45, 2.75) is 27.3 Å². The van der Waals surface area contributed by atoms with Crippen LogP contribution in [-0.2, 0) is 11.3 Å². The van der Waals surface area contributed by atoms with E-state index in [1.807, 2.05) is 57.2 Å². The maximum absolute atomic E-state index is 11.8. The van der Waals surface area contributed by atoms with Crippen LogP contribution in [0.3, 0.4) is 0 Å². The molecule has 104 valence electrons. The number of rotatable bonds is 3. The van der Waals surface area contributed by atoms with Gasteiger partial charge in [0.1, 0.15) is 6.33 Å². The lowest BCUT2D eigenvalue weighted by Gasteiger charge is -2.17. The summed E-state index contributed by atoms with van der Waals surface area (Å²) in [4.78, 5) is 20.3. The van der Waals surface area contributed by atoms with Crippen LogP contribution in [0.2, 0.25) is 0 Å². The zero-order chi connectivity index (χ0) is 14.6. The van der Waals surface area contributed by atoms with Crippen molar-refractivity contribution in [3.8, 4) is 11.3 Å². The number of hydrogen-bond donors (Lipinski definition) is 1. The topological polar surface area (TPSA) is 54.9 Å². The second-order valence-electron chi connectivity index (χ2n) is 5.69. The average molecular weight is 269 g/mol. The van der Waals surface area contributed by atoms with Crippen LogP contribution >= 0.6 is 0 Å². The Morgan fingerprint density at radius 3 is 2.50 bits per heavy atom. The van der Waals surface area contributed by atoms with Crippen LogP contribution in [0.1, 0.15) is 26.5 Å². The molecule has 0 bridgehead atoms. The fraction of sp³-hybridized carbons (Fsp3) is 0.312. The summed E-state index contributed by atoms with van der Waals surface area (Å²) in [6.07, 6.45) is 1.53. The number of amides is 1. The van der Waals surface area contributed by atoms with Gasteiger partial charge in [-0.15, -0.1) is 0 Å². The number of nitrogens with one attached hydrogen (secondary N) is 1. The Morgan fingerprint density at radius 2 is 1.85 bits per heavy atom. The van der Waals surface area contributed by atoms with E-state index in [-0.39, 0.29) is 5.91 Å². The molecule has 0 aliphatic rings. The average Bonchev–Trinajstić information content (AvgIpc) is 2.45. The lowest BCUT2D eigenvalue weighted by molar-refractivity contribution is -0.128. The van der Waals surface area contributed by atoms with Gasteiger partial charge in [0.15, 0.2) is 0 Å². The van der Waals surface area contributed by atoms with Gasteiger partial charge in [0, 0.05) is 11.0 Å². The Labute approximate surface area is 119 Å². The first-order valence-corrected chi connectivity index (χ1v) is 6.61. The molecule has 0 aliphatic carbocycles. The minimum Gasteiger partial charge on any atom is -0.350 e. The summed E-state index contributed by atoms with van der Waals surface area (Å²) in [5.74, 6) is 0.0115. The van der Waals surface area contributed by atoms with Crippen molar-refractivity contribution in [2.75, 3.05) is 0 Å². The highest BCUT2D eigenvalue weighted by Gasteiger charge is 2.20. The van der Waals surface area contributed by atoms with Crippen molar-refractivity contribution < 1.29 is 4.79 Å². The molecule has 0 spiro atoms. The second-order valence-corrected chi connectivity index (χ2v) is 5.69. The summed E-state index contributed by atoms with van der Waals surface area (Å²) in [5, 5.41) is 2.89. The standard InChI is InChI=1S/C16H19N3O/c1-16(2,3)15(20)17-10-13-9-14(19-11-18-13)12-7-5-4-6-8-12/h4-9,11H,10H2,1-3H3,(H,17,20). The van der Waals surface area contributed by atoms with Gasteiger partial charge in [-0.25, -0.2) is 9.97 Å². The quantitative estimate of drug-likeness (QED) is 0.932. The van der Waals surface area contributed by atoms with Crippen molar-refractivity contribution >= 4 is 5.91 Å². The van der Waals surface area contributed by atoms with Gasteiger partial charge in [-0.2, -0.15) is 0 Å². The van der Waals surface area contributed by atoms with Crippen LogP contribution in [0, 0.1) is 5.41 Å². The SMILES string of the molecule is CC(C)(C)C(=O)NCc1cc(-c2ccccc2)ncn1. The molecule has 1 aromatic heterocycles. The lowest BCUT2D eigenvalue weighted by Crippen LogP contribution is -2.34. The molecule has 4 nitrogen and oxygen atoms in total. The van der Waals surface area contributed by atoms with E-state index in [2.05, 4.69) is 15.3 Å².